The van der Waals surface area contributed by atoms with Gasteiger partial charge in [-0.1, -0.05) is 63.9 Å². The van der Waals surface area contributed by atoms with Crippen molar-refractivity contribution < 1.29 is 24.2 Å². The summed E-state index contributed by atoms with van der Waals surface area (Å²) in [6.07, 6.45) is 10.4. The predicted molar refractivity (Wildman–Crippen MR) is 199 cm³/mol. The van der Waals surface area contributed by atoms with Crippen LogP contribution in [0.5, 0.6) is 0 Å². The molecule has 276 valence electrons. The highest BCUT2D eigenvalue weighted by molar-refractivity contribution is 6.30. The first kappa shape index (κ1) is 37.6. The van der Waals surface area contributed by atoms with E-state index in [1.807, 2.05) is 12.1 Å². The SMILES string of the molecule is CC(C)C1=C2C3CCC4C(CCC5C(C)C(OC(=O)CC(C)(C)C(=O)O)CCC54C)[C@]3(C)CCC2(CCN(C)Cc2ccc(Cl)cc2)CC1=O. The van der Waals surface area contributed by atoms with Crippen LogP contribution in [0.25, 0.3) is 0 Å². The molecular formula is C43H62ClNO5. The van der Waals surface area contributed by atoms with Crippen molar-refractivity contribution in [1.29, 1.82) is 0 Å². The number of allylic oxidation sites excluding steroid dienone is 2. The molecule has 5 aliphatic carbocycles. The van der Waals surface area contributed by atoms with Gasteiger partial charge in [-0.15, -0.1) is 0 Å². The minimum absolute atomic E-state index is 0.0191. The van der Waals surface area contributed by atoms with Gasteiger partial charge in [0.2, 0.25) is 0 Å². The minimum Gasteiger partial charge on any atom is -0.481 e. The number of benzene rings is 1. The van der Waals surface area contributed by atoms with Crippen LogP contribution in [-0.4, -0.2) is 47.4 Å². The molecule has 0 aromatic heterocycles. The van der Waals surface area contributed by atoms with Crippen molar-refractivity contribution in [3.8, 4) is 0 Å². The third-order valence-electron chi connectivity index (χ3n) is 15.1. The van der Waals surface area contributed by atoms with Crippen LogP contribution in [0.2, 0.25) is 5.02 Å². The molecule has 0 heterocycles. The topological polar surface area (TPSA) is 83.9 Å². The van der Waals surface area contributed by atoms with Gasteiger partial charge in [-0.3, -0.25) is 14.4 Å². The minimum atomic E-state index is -1.13. The Morgan fingerprint density at radius 1 is 0.980 bits per heavy atom. The van der Waals surface area contributed by atoms with Gasteiger partial charge in [0.15, 0.2) is 5.78 Å². The lowest BCUT2D eigenvalue weighted by molar-refractivity contribution is -0.183. The molecule has 9 atom stereocenters. The van der Waals surface area contributed by atoms with Crippen LogP contribution in [0.1, 0.15) is 125 Å². The molecule has 8 unspecified atom stereocenters. The lowest BCUT2D eigenvalue weighted by atomic mass is 9.39. The number of ketones is 1. The number of aliphatic carboxylic acids is 1. The fourth-order valence-electron chi connectivity index (χ4n) is 12.3. The smallest absolute Gasteiger partial charge is 0.309 e. The summed E-state index contributed by atoms with van der Waals surface area (Å²) < 4.78 is 6.06. The van der Waals surface area contributed by atoms with Gasteiger partial charge in [0.1, 0.15) is 6.10 Å². The standard InChI is InChI=1S/C43H62ClNO5/c1-26(2)37-34(46)23-43(21-22-45(8)25-28-9-11-29(44)12-10-28)20-19-42(7)32-14-13-30-27(3)35(50-36(47)24-40(4,5)39(48)49)17-18-41(30,6)31(32)15-16-33(42)38(37)43/h9-12,26-27,30-33,35H,13-25H2,1-8H3,(H,48,49)/t27?,30?,31?,32?,33?,35?,41?,42-,43?/m0/s1. The molecule has 0 radical (unpaired) electrons. The summed E-state index contributed by atoms with van der Waals surface area (Å²) in [5, 5.41) is 10.3. The van der Waals surface area contributed by atoms with Gasteiger partial charge in [0.25, 0.3) is 0 Å². The second-order valence-corrected chi connectivity index (χ2v) is 19.2. The van der Waals surface area contributed by atoms with E-state index in [-0.39, 0.29) is 46.6 Å². The van der Waals surface area contributed by atoms with Gasteiger partial charge >= 0.3 is 11.9 Å². The Balaban J connectivity index is 1.20. The average Bonchev–Trinajstić information content (AvgIpc) is 3.34. The number of carboxylic acid groups (broad SMARTS) is 1. The number of ether oxygens (including phenoxy) is 1. The molecule has 0 saturated heterocycles. The van der Waals surface area contributed by atoms with Gasteiger partial charge in [-0.25, -0.2) is 0 Å². The summed E-state index contributed by atoms with van der Waals surface area (Å²) >= 11 is 6.15. The zero-order valence-corrected chi connectivity index (χ0v) is 32.7. The van der Waals surface area contributed by atoms with Crippen molar-refractivity contribution in [3.63, 3.8) is 0 Å². The first-order valence-electron chi connectivity index (χ1n) is 19.6. The Morgan fingerprint density at radius 2 is 1.62 bits per heavy atom. The number of carbonyl (C=O) groups excluding carboxylic acids is 2. The molecule has 6 nitrogen and oxygen atoms in total. The maximum absolute atomic E-state index is 14.0. The molecule has 50 heavy (non-hydrogen) atoms. The first-order chi connectivity index (χ1) is 23.4. The van der Waals surface area contributed by atoms with E-state index < -0.39 is 11.4 Å². The molecule has 4 saturated carbocycles. The lowest BCUT2D eigenvalue weighted by Crippen LogP contribution is -2.59. The number of halogens is 1. The highest BCUT2D eigenvalue weighted by atomic mass is 35.5. The quantitative estimate of drug-likeness (QED) is 0.244. The van der Waals surface area contributed by atoms with Crippen LogP contribution < -0.4 is 0 Å². The highest BCUT2D eigenvalue weighted by Crippen LogP contribution is 2.72. The van der Waals surface area contributed by atoms with Gasteiger partial charge in [0, 0.05) is 23.4 Å². The number of rotatable bonds is 10. The molecular weight excluding hydrogens is 646 g/mol. The Morgan fingerprint density at radius 3 is 2.28 bits per heavy atom. The second kappa shape index (κ2) is 13.7. The number of fused-ring (bicyclic) bond motifs is 7. The molecule has 0 amide bonds. The maximum atomic E-state index is 14.0. The van der Waals surface area contributed by atoms with E-state index in [4.69, 9.17) is 16.3 Å². The normalized spacial score (nSPS) is 36.9. The largest absolute Gasteiger partial charge is 0.481 e. The summed E-state index contributed by atoms with van der Waals surface area (Å²) in [6.45, 7) is 16.9. The van der Waals surface area contributed by atoms with E-state index in [0.29, 0.717) is 35.9 Å². The molecule has 1 N–H and O–H groups in total. The first-order valence-corrected chi connectivity index (χ1v) is 19.9. The van der Waals surface area contributed by atoms with Gasteiger partial charge < -0.3 is 14.7 Å². The molecule has 4 fully saturated rings. The van der Waals surface area contributed by atoms with Crippen molar-refractivity contribution in [3.05, 3.63) is 46.0 Å². The van der Waals surface area contributed by atoms with Gasteiger partial charge in [-0.05, 0) is 155 Å². The average molecular weight is 708 g/mol. The van der Waals surface area contributed by atoms with Crippen LogP contribution in [-0.2, 0) is 25.7 Å². The van der Waals surface area contributed by atoms with Crippen LogP contribution in [0.4, 0.5) is 0 Å². The van der Waals surface area contributed by atoms with Gasteiger partial charge in [-0.2, -0.15) is 0 Å². The van der Waals surface area contributed by atoms with E-state index in [2.05, 4.69) is 58.7 Å². The van der Waals surface area contributed by atoms with Crippen LogP contribution in [0, 0.1) is 57.2 Å². The van der Waals surface area contributed by atoms with E-state index >= 15 is 0 Å². The molecule has 0 spiro atoms. The fraction of sp³-hybridized carbons (Fsp3) is 0.744. The van der Waals surface area contributed by atoms with Crippen molar-refractivity contribution in [1.82, 2.24) is 4.90 Å². The highest BCUT2D eigenvalue weighted by Gasteiger charge is 2.64. The fourth-order valence-corrected chi connectivity index (χ4v) is 12.5. The number of esters is 1. The monoisotopic (exact) mass is 707 g/mol. The molecule has 0 bridgehead atoms. The Bertz CT molecular complexity index is 1520. The molecule has 0 aliphatic heterocycles. The van der Waals surface area contributed by atoms with Crippen molar-refractivity contribution in [2.24, 2.45) is 57.2 Å². The van der Waals surface area contributed by atoms with Gasteiger partial charge in [0.05, 0.1) is 11.8 Å². The van der Waals surface area contributed by atoms with Crippen LogP contribution in [0.3, 0.4) is 0 Å². The van der Waals surface area contributed by atoms with Crippen molar-refractivity contribution in [2.75, 3.05) is 13.6 Å². The lowest BCUT2D eigenvalue weighted by Gasteiger charge is -2.66. The van der Waals surface area contributed by atoms with Crippen molar-refractivity contribution >= 4 is 29.3 Å². The zero-order chi connectivity index (χ0) is 36.4. The summed E-state index contributed by atoms with van der Waals surface area (Å²) in [4.78, 5) is 40.9. The molecule has 5 aliphatic rings. The second-order valence-electron chi connectivity index (χ2n) is 18.8. The number of nitrogens with zero attached hydrogens (tertiary/aromatic N) is 1. The summed E-state index contributed by atoms with van der Waals surface area (Å²) in [7, 11) is 2.21. The number of carbonyl (C=O) groups is 3. The van der Waals surface area contributed by atoms with E-state index in [1.54, 1.807) is 19.4 Å². The number of hydrogen-bond donors (Lipinski definition) is 1. The Labute approximate surface area is 306 Å². The molecule has 6 rings (SSSR count). The maximum Gasteiger partial charge on any atom is 0.309 e. The number of Topliss-reactive ketones (excluding diaryl/α,β-unsaturated/α-hetero) is 1. The summed E-state index contributed by atoms with van der Waals surface area (Å²) in [5.41, 5.74) is 3.22. The van der Waals surface area contributed by atoms with E-state index in [0.717, 1.165) is 56.6 Å². The molecule has 1 aromatic carbocycles. The Kier molecular flexibility index (Phi) is 10.3. The number of hydrogen-bond acceptors (Lipinski definition) is 5. The summed E-state index contributed by atoms with van der Waals surface area (Å²) in [5.74, 6) is 1.77. The van der Waals surface area contributed by atoms with E-state index in [9.17, 15) is 19.5 Å². The summed E-state index contributed by atoms with van der Waals surface area (Å²) in [6, 6.07) is 8.16. The zero-order valence-electron chi connectivity index (χ0n) is 31.9. The Hall–Kier alpha value is -2.18. The third kappa shape index (κ3) is 6.52. The third-order valence-corrected chi connectivity index (χ3v) is 15.3. The molecule has 1 aromatic rings. The van der Waals surface area contributed by atoms with E-state index in [1.165, 1.54) is 30.4 Å². The van der Waals surface area contributed by atoms with Crippen molar-refractivity contribution in [2.45, 2.75) is 132 Å². The van der Waals surface area contributed by atoms with Crippen LogP contribution in [0.15, 0.2) is 35.4 Å². The van der Waals surface area contributed by atoms with Crippen LogP contribution >= 0.6 is 11.6 Å². The molecule has 7 heteroatoms. The predicted octanol–water partition coefficient (Wildman–Crippen LogP) is 9.78. The number of carboxylic acids is 1.